The van der Waals surface area contributed by atoms with E-state index in [2.05, 4.69) is 20.9 Å². The number of carbonyl (C=O) groups is 1. The molecular formula is C16H17ClN4O2. The molecule has 2 heterocycles. The number of rotatable bonds is 3. The molecule has 2 amide bonds. The average Bonchev–Trinajstić information content (AvgIpc) is 2.56. The molecule has 0 radical (unpaired) electrons. The summed E-state index contributed by atoms with van der Waals surface area (Å²) < 4.78 is 5.69. The van der Waals surface area contributed by atoms with E-state index in [1.165, 1.54) is 0 Å². The van der Waals surface area contributed by atoms with Crippen LogP contribution in [0.5, 0.6) is 0 Å². The summed E-state index contributed by atoms with van der Waals surface area (Å²) in [6, 6.07) is 12.3. The SMILES string of the molecule is O=C(Nc1ccc(C2CNCCO2)cc1)Nc1cccc(Cl)n1. The van der Waals surface area contributed by atoms with E-state index >= 15 is 0 Å². The third-order valence-electron chi connectivity index (χ3n) is 3.42. The van der Waals surface area contributed by atoms with Crippen molar-refractivity contribution in [2.75, 3.05) is 30.3 Å². The first-order valence-electron chi connectivity index (χ1n) is 7.33. The zero-order valence-electron chi connectivity index (χ0n) is 12.4. The number of ether oxygens (including phenoxy) is 1. The Morgan fingerprint density at radius 2 is 2.04 bits per heavy atom. The molecule has 2 aromatic rings. The number of amides is 2. The Morgan fingerprint density at radius 1 is 1.22 bits per heavy atom. The van der Waals surface area contributed by atoms with Gasteiger partial charge in [0.15, 0.2) is 0 Å². The molecule has 7 heteroatoms. The van der Waals surface area contributed by atoms with E-state index in [1.807, 2.05) is 24.3 Å². The summed E-state index contributed by atoms with van der Waals surface area (Å²) in [5.41, 5.74) is 1.77. The molecule has 120 valence electrons. The van der Waals surface area contributed by atoms with Crippen molar-refractivity contribution in [2.24, 2.45) is 0 Å². The maximum atomic E-state index is 11.9. The zero-order valence-corrected chi connectivity index (χ0v) is 13.1. The largest absolute Gasteiger partial charge is 0.371 e. The van der Waals surface area contributed by atoms with Crippen molar-refractivity contribution in [1.82, 2.24) is 10.3 Å². The van der Waals surface area contributed by atoms with E-state index in [9.17, 15) is 4.79 Å². The molecule has 0 spiro atoms. The van der Waals surface area contributed by atoms with Gasteiger partial charge in [0.1, 0.15) is 11.0 Å². The lowest BCUT2D eigenvalue weighted by atomic mass is 10.1. The number of pyridine rings is 1. The highest BCUT2D eigenvalue weighted by atomic mass is 35.5. The first kappa shape index (κ1) is 15.7. The molecule has 1 aliphatic rings. The molecule has 1 aliphatic heterocycles. The van der Waals surface area contributed by atoms with E-state index in [-0.39, 0.29) is 12.1 Å². The van der Waals surface area contributed by atoms with Crippen LogP contribution in [0, 0.1) is 0 Å². The number of benzene rings is 1. The number of carbonyl (C=O) groups excluding carboxylic acids is 1. The van der Waals surface area contributed by atoms with E-state index in [0.29, 0.717) is 23.3 Å². The fraction of sp³-hybridized carbons (Fsp3) is 0.250. The van der Waals surface area contributed by atoms with Gasteiger partial charge in [-0.05, 0) is 29.8 Å². The first-order chi connectivity index (χ1) is 11.2. The smallest absolute Gasteiger partial charge is 0.324 e. The van der Waals surface area contributed by atoms with E-state index in [0.717, 1.165) is 18.7 Å². The van der Waals surface area contributed by atoms with Crippen LogP contribution in [0.3, 0.4) is 0 Å². The number of aromatic nitrogens is 1. The lowest BCUT2D eigenvalue weighted by Crippen LogP contribution is -2.33. The Hall–Kier alpha value is -2.15. The summed E-state index contributed by atoms with van der Waals surface area (Å²) in [6.07, 6.45) is 0.0577. The van der Waals surface area contributed by atoms with Crippen molar-refractivity contribution < 1.29 is 9.53 Å². The third-order valence-corrected chi connectivity index (χ3v) is 3.64. The number of nitrogens with zero attached hydrogens (tertiary/aromatic N) is 1. The Balaban J connectivity index is 1.58. The van der Waals surface area contributed by atoms with Gasteiger partial charge in [0.2, 0.25) is 0 Å². The quantitative estimate of drug-likeness (QED) is 0.755. The summed E-state index contributed by atoms with van der Waals surface area (Å²) in [5.74, 6) is 0.397. The second-order valence-corrected chi connectivity index (χ2v) is 5.50. The van der Waals surface area contributed by atoms with Crippen LogP contribution in [0.4, 0.5) is 16.3 Å². The molecule has 0 saturated carbocycles. The lowest BCUT2D eigenvalue weighted by Gasteiger charge is -2.24. The highest BCUT2D eigenvalue weighted by Crippen LogP contribution is 2.20. The number of morpholine rings is 1. The number of nitrogens with one attached hydrogen (secondary N) is 3. The fourth-order valence-electron chi connectivity index (χ4n) is 2.32. The van der Waals surface area contributed by atoms with Crippen LogP contribution in [-0.4, -0.2) is 30.7 Å². The molecule has 3 rings (SSSR count). The molecule has 3 N–H and O–H groups in total. The topological polar surface area (TPSA) is 75.3 Å². The van der Waals surface area contributed by atoms with E-state index in [4.69, 9.17) is 16.3 Å². The summed E-state index contributed by atoms with van der Waals surface area (Å²) >= 11 is 5.78. The normalized spacial score (nSPS) is 17.5. The van der Waals surface area contributed by atoms with Crippen molar-refractivity contribution in [3.05, 3.63) is 53.2 Å². The van der Waals surface area contributed by atoms with Crippen molar-refractivity contribution >= 4 is 29.1 Å². The molecule has 0 aliphatic carbocycles. The minimum Gasteiger partial charge on any atom is -0.371 e. The molecule has 0 bridgehead atoms. The van der Waals surface area contributed by atoms with Gasteiger partial charge in [-0.2, -0.15) is 0 Å². The number of hydrogen-bond donors (Lipinski definition) is 3. The monoisotopic (exact) mass is 332 g/mol. The Kier molecular flexibility index (Phi) is 5.07. The molecule has 6 nitrogen and oxygen atoms in total. The Bertz CT molecular complexity index is 672. The molecule has 1 saturated heterocycles. The number of anilines is 2. The minimum atomic E-state index is -0.372. The molecule has 1 atom stereocenters. The Labute approximate surface area is 139 Å². The van der Waals surface area contributed by atoms with Gasteiger partial charge in [0.25, 0.3) is 0 Å². The van der Waals surface area contributed by atoms with Crippen LogP contribution in [0.15, 0.2) is 42.5 Å². The van der Waals surface area contributed by atoms with Gasteiger partial charge in [0, 0.05) is 18.8 Å². The van der Waals surface area contributed by atoms with Crippen LogP contribution in [0.2, 0.25) is 5.15 Å². The van der Waals surface area contributed by atoms with Gasteiger partial charge in [-0.15, -0.1) is 0 Å². The highest BCUT2D eigenvalue weighted by Gasteiger charge is 2.15. The standard InChI is InChI=1S/C16H17ClN4O2/c17-14-2-1-3-15(20-14)21-16(22)19-12-6-4-11(5-7-12)13-10-18-8-9-23-13/h1-7,13,18H,8-10H2,(H2,19,20,21,22). The summed E-state index contributed by atoms with van der Waals surface area (Å²) in [5, 5.41) is 9.00. The van der Waals surface area contributed by atoms with Gasteiger partial charge in [0.05, 0.1) is 12.7 Å². The highest BCUT2D eigenvalue weighted by molar-refractivity contribution is 6.29. The van der Waals surface area contributed by atoms with Crippen LogP contribution < -0.4 is 16.0 Å². The minimum absolute atomic E-state index is 0.0577. The number of urea groups is 1. The maximum absolute atomic E-state index is 11.9. The predicted molar refractivity (Wildman–Crippen MR) is 89.9 cm³/mol. The van der Waals surface area contributed by atoms with Gasteiger partial charge in [-0.1, -0.05) is 29.8 Å². The third kappa shape index (κ3) is 4.41. The van der Waals surface area contributed by atoms with E-state index in [1.54, 1.807) is 18.2 Å². The summed E-state index contributed by atoms with van der Waals surface area (Å²) in [6.45, 7) is 2.39. The van der Waals surface area contributed by atoms with Crippen LogP contribution in [-0.2, 0) is 4.74 Å². The van der Waals surface area contributed by atoms with Gasteiger partial charge in [-0.3, -0.25) is 5.32 Å². The van der Waals surface area contributed by atoms with Gasteiger partial charge in [-0.25, -0.2) is 9.78 Å². The molecule has 1 unspecified atom stereocenters. The van der Waals surface area contributed by atoms with Crippen LogP contribution in [0.1, 0.15) is 11.7 Å². The lowest BCUT2D eigenvalue weighted by molar-refractivity contribution is 0.0277. The summed E-state index contributed by atoms with van der Waals surface area (Å²) in [4.78, 5) is 15.9. The predicted octanol–water partition coefficient (Wildman–Crippen LogP) is 3.04. The second kappa shape index (κ2) is 7.41. The summed E-state index contributed by atoms with van der Waals surface area (Å²) in [7, 11) is 0. The fourth-order valence-corrected chi connectivity index (χ4v) is 2.48. The van der Waals surface area contributed by atoms with Crippen molar-refractivity contribution in [3.8, 4) is 0 Å². The number of hydrogen-bond acceptors (Lipinski definition) is 4. The number of halogens is 1. The zero-order chi connectivity index (χ0) is 16.1. The molecular weight excluding hydrogens is 316 g/mol. The van der Waals surface area contributed by atoms with Crippen molar-refractivity contribution in [2.45, 2.75) is 6.10 Å². The Morgan fingerprint density at radius 3 is 2.74 bits per heavy atom. The van der Waals surface area contributed by atoms with Crippen molar-refractivity contribution in [1.29, 1.82) is 0 Å². The first-order valence-corrected chi connectivity index (χ1v) is 7.71. The van der Waals surface area contributed by atoms with Gasteiger partial charge >= 0.3 is 6.03 Å². The molecule has 1 aromatic carbocycles. The van der Waals surface area contributed by atoms with Gasteiger partial charge < -0.3 is 15.4 Å². The molecule has 23 heavy (non-hydrogen) atoms. The molecule has 1 fully saturated rings. The van der Waals surface area contributed by atoms with Crippen LogP contribution >= 0.6 is 11.6 Å². The molecule has 1 aromatic heterocycles. The average molecular weight is 333 g/mol. The maximum Gasteiger partial charge on any atom is 0.324 e. The van der Waals surface area contributed by atoms with E-state index < -0.39 is 0 Å². The van der Waals surface area contributed by atoms with Crippen LogP contribution in [0.25, 0.3) is 0 Å². The second-order valence-electron chi connectivity index (χ2n) is 5.11. The van der Waals surface area contributed by atoms with Crippen molar-refractivity contribution in [3.63, 3.8) is 0 Å².